The molecule has 3 N–H and O–H groups in total. The van der Waals surface area contributed by atoms with Crippen LogP contribution in [-0.4, -0.2) is 44.8 Å². The zero-order valence-corrected chi connectivity index (χ0v) is 16.2. The van der Waals surface area contributed by atoms with Crippen LogP contribution in [0, 0.1) is 0 Å². The molecule has 0 fully saturated rings. The van der Waals surface area contributed by atoms with E-state index in [4.69, 9.17) is 4.74 Å². The van der Waals surface area contributed by atoms with Gasteiger partial charge in [-0.25, -0.2) is 4.90 Å². The first-order valence-electron chi connectivity index (χ1n) is 9.25. The molecule has 0 aliphatic carbocycles. The second-order valence-electron chi connectivity index (χ2n) is 7.60. The highest BCUT2D eigenvalue weighted by Crippen LogP contribution is 2.22. The van der Waals surface area contributed by atoms with E-state index in [-0.39, 0.29) is 5.75 Å². The second-order valence-corrected chi connectivity index (χ2v) is 7.60. The van der Waals surface area contributed by atoms with E-state index in [2.05, 4.69) is 0 Å². The summed E-state index contributed by atoms with van der Waals surface area (Å²) in [6.07, 6.45) is 6.48. The fourth-order valence-electron chi connectivity index (χ4n) is 3.03. The van der Waals surface area contributed by atoms with Gasteiger partial charge in [0.2, 0.25) is 0 Å². The molecule has 0 aromatic heterocycles. The quantitative estimate of drug-likeness (QED) is 0.393. The Balaban J connectivity index is 2.07. The Labute approximate surface area is 152 Å². The molecule has 0 atom stereocenters. The summed E-state index contributed by atoms with van der Waals surface area (Å²) < 4.78 is 5.62. The third kappa shape index (κ3) is 9.10. The number of aromatic hydroxyl groups is 1. The molecule has 144 valence electrons. The molecule has 1 aromatic carbocycles. The zero-order chi connectivity index (χ0) is 18.9. The maximum atomic E-state index is 10.2. The van der Waals surface area contributed by atoms with Gasteiger partial charge >= 0.3 is 0 Å². The van der Waals surface area contributed by atoms with E-state index in [9.17, 15) is 15.3 Å². The van der Waals surface area contributed by atoms with Gasteiger partial charge in [-0.2, -0.15) is 0 Å². The minimum absolute atomic E-state index is 0.250. The Kier molecular flexibility index (Phi) is 8.69. The average Bonchev–Trinajstić information content (AvgIpc) is 2.48. The number of phenols is 1. The van der Waals surface area contributed by atoms with Crippen LogP contribution in [0.15, 0.2) is 24.3 Å². The van der Waals surface area contributed by atoms with Crippen molar-refractivity contribution in [3.8, 4) is 11.5 Å². The van der Waals surface area contributed by atoms with Gasteiger partial charge in [-0.15, -0.1) is 0 Å². The first-order valence-corrected chi connectivity index (χ1v) is 9.25. The number of hydrogen-bond donors (Lipinski definition) is 3. The zero-order valence-electron chi connectivity index (χ0n) is 16.2. The molecule has 0 heterocycles. The third-order valence-corrected chi connectivity index (χ3v) is 4.20. The van der Waals surface area contributed by atoms with Crippen LogP contribution < -0.4 is 4.74 Å². The lowest BCUT2D eigenvalue weighted by Crippen LogP contribution is -2.55. The maximum Gasteiger partial charge on any atom is 0.119 e. The lowest BCUT2D eigenvalue weighted by atomic mass is 10.1. The van der Waals surface area contributed by atoms with Gasteiger partial charge in [0.25, 0.3) is 0 Å². The Morgan fingerprint density at radius 3 is 1.80 bits per heavy atom. The average molecular weight is 354 g/mol. The normalized spacial score (nSPS) is 12.6. The number of ether oxygens (including phenoxy) is 1. The maximum absolute atomic E-state index is 10.2. The van der Waals surface area contributed by atoms with Crippen LogP contribution in [0.2, 0.25) is 0 Å². The first-order chi connectivity index (χ1) is 11.6. The second kappa shape index (κ2) is 10.00. The van der Waals surface area contributed by atoms with Gasteiger partial charge in [0.1, 0.15) is 22.9 Å². The summed E-state index contributed by atoms with van der Waals surface area (Å²) in [7, 11) is 0. The predicted molar refractivity (Wildman–Crippen MR) is 101 cm³/mol. The molecular weight excluding hydrogens is 318 g/mol. The minimum Gasteiger partial charge on any atom is -0.508 e. The monoisotopic (exact) mass is 353 g/mol. The van der Waals surface area contributed by atoms with Crippen molar-refractivity contribution in [2.75, 3.05) is 13.2 Å². The van der Waals surface area contributed by atoms with E-state index in [1.807, 2.05) is 0 Å². The summed E-state index contributed by atoms with van der Waals surface area (Å²) in [5.74, 6) is 1.04. The highest BCUT2D eigenvalue weighted by atomic mass is 16.5. The number of benzene rings is 1. The molecule has 0 aliphatic rings. The van der Waals surface area contributed by atoms with Crippen molar-refractivity contribution < 1.29 is 20.1 Å². The SMILES string of the molecule is CC(C)(O)N(CCCCCCCCOc1ccc(O)cc1)C(C)(C)O. The molecule has 0 saturated heterocycles. The van der Waals surface area contributed by atoms with Gasteiger partial charge in [-0.3, -0.25) is 0 Å². The molecule has 0 amide bonds. The lowest BCUT2D eigenvalue weighted by molar-refractivity contribution is -0.200. The van der Waals surface area contributed by atoms with Crippen molar-refractivity contribution >= 4 is 0 Å². The van der Waals surface area contributed by atoms with Crippen LogP contribution in [0.5, 0.6) is 11.5 Å². The minimum atomic E-state index is -1.02. The van der Waals surface area contributed by atoms with Crippen molar-refractivity contribution in [2.24, 2.45) is 0 Å². The smallest absolute Gasteiger partial charge is 0.119 e. The largest absolute Gasteiger partial charge is 0.508 e. The van der Waals surface area contributed by atoms with E-state index in [1.165, 1.54) is 0 Å². The molecule has 1 rings (SSSR count). The van der Waals surface area contributed by atoms with E-state index < -0.39 is 11.4 Å². The summed E-state index contributed by atoms with van der Waals surface area (Å²) >= 11 is 0. The predicted octanol–water partition coefficient (Wildman–Crippen LogP) is 3.87. The summed E-state index contributed by atoms with van der Waals surface area (Å²) in [5, 5.41) is 29.5. The Morgan fingerprint density at radius 1 is 0.800 bits per heavy atom. The fraction of sp³-hybridized carbons (Fsp3) is 0.700. The number of rotatable bonds is 12. The van der Waals surface area contributed by atoms with Gasteiger partial charge in [0.15, 0.2) is 0 Å². The van der Waals surface area contributed by atoms with Crippen molar-refractivity contribution in [3.05, 3.63) is 24.3 Å². The number of hydrogen-bond acceptors (Lipinski definition) is 5. The van der Waals surface area contributed by atoms with E-state index in [0.717, 1.165) is 44.3 Å². The molecule has 5 nitrogen and oxygen atoms in total. The molecule has 25 heavy (non-hydrogen) atoms. The van der Waals surface area contributed by atoms with Gasteiger partial charge in [-0.05, 0) is 64.8 Å². The van der Waals surface area contributed by atoms with Crippen LogP contribution in [0.4, 0.5) is 0 Å². The molecule has 5 heteroatoms. The molecule has 0 unspecified atom stereocenters. The topological polar surface area (TPSA) is 73.2 Å². The summed E-state index contributed by atoms with van der Waals surface area (Å²) in [6, 6.07) is 6.79. The van der Waals surface area contributed by atoms with Crippen molar-refractivity contribution in [1.29, 1.82) is 0 Å². The van der Waals surface area contributed by atoms with E-state index in [1.54, 1.807) is 56.9 Å². The fourth-order valence-corrected chi connectivity index (χ4v) is 3.03. The van der Waals surface area contributed by atoms with Crippen LogP contribution in [-0.2, 0) is 0 Å². The first kappa shape index (κ1) is 21.7. The highest BCUT2D eigenvalue weighted by molar-refractivity contribution is 5.29. The molecule has 0 saturated carbocycles. The number of unbranched alkanes of at least 4 members (excludes halogenated alkanes) is 5. The Morgan fingerprint density at radius 2 is 1.28 bits per heavy atom. The lowest BCUT2D eigenvalue weighted by Gasteiger charge is -2.42. The standard InChI is InChI=1S/C20H35NO4/c1-19(2,23)21(20(3,4)24)15-9-7-5-6-8-10-16-25-18-13-11-17(22)12-14-18/h11-14,22-24H,5-10,15-16H2,1-4H3. The molecule has 0 radical (unpaired) electrons. The van der Waals surface area contributed by atoms with Crippen molar-refractivity contribution in [1.82, 2.24) is 4.90 Å². The van der Waals surface area contributed by atoms with Crippen LogP contribution in [0.3, 0.4) is 0 Å². The summed E-state index contributed by atoms with van der Waals surface area (Å²) in [6.45, 7) is 8.20. The molecule has 0 aliphatic heterocycles. The van der Waals surface area contributed by atoms with E-state index in [0.29, 0.717) is 13.2 Å². The van der Waals surface area contributed by atoms with Crippen LogP contribution in [0.1, 0.15) is 66.2 Å². The summed E-state index contributed by atoms with van der Waals surface area (Å²) in [5.41, 5.74) is -2.05. The number of nitrogens with zero attached hydrogens (tertiary/aromatic N) is 1. The van der Waals surface area contributed by atoms with Crippen molar-refractivity contribution in [2.45, 2.75) is 77.7 Å². The van der Waals surface area contributed by atoms with Gasteiger partial charge in [0.05, 0.1) is 6.61 Å². The number of phenolic OH excluding ortho intramolecular Hbond substituents is 1. The molecule has 1 aromatic rings. The Bertz CT molecular complexity index is 460. The highest BCUT2D eigenvalue weighted by Gasteiger charge is 2.34. The van der Waals surface area contributed by atoms with E-state index >= 15 is 0 Å². The molecular formula is C20H35NO4. The Hall–Kier alpha value is -1.30. The van der Waals surface area contributed by atoms with Crippen LogP contribution >= 0.6 is 0 Å². The van der Waals surface area contributed by atoms with Crippen molar-refractivity contribution in [3.63, 3.8) is 0 Å². The number of aliphatic hydroxyl groups is 2. The molecule has 0 spiro atoms. The van der Waals surface area contributed by atoms with Gasteiger partial charge in [-0.1, -0.05) is 25.7 Å². The van der Waals surface area contributed by atoms with Crippen LogP contribution in [0.25, 0.3) is 0 Å². The van der Waals surface area contributed by atoms with Gasteiger partial charge < -0.3 is 20.1 Å². The molecule has 0 bridgehead atoms. The third-order valence-electron chi connectivity index (χ3n) is 4.20. The van der Waals surface area contributed by atoms with Gasteiger partial charge in [0, 0.05) is 6.54 Å². The summed E-state index contributed by atoms with van der Waals surface area (Å²) in [4.78, 5) is 1.73.